The predicted octanol–water partition coefficient (Wildman–Crippen LogP) is 5.39. The Labute approximate surface area is 199 Å². The number of carbonyl (C=O) groups is 1. The highest BCUT2D eigenvalue weighted by atomic mass is 32.1. The van der Waals surface area contributed by atoms with E-state index in [2.05, 4.69) is 25.5 Å². The van der Waals surface area contributed by atoms with Gasteiger partial charge in [0.1, 0.15) is 17.0 Å². The van der Waals surface area contributed by atoms with Crippen LogP contribution in [0, 0.1) is 12.8 Å². The number of halogens is 2. The maximum Gasteiger partial charge on any atom is 0.264 e. The summed E-state index contributed by atoms with van der Waals surface area (Å²) in [6.07, 6.45) is 4.11. The van der Waals surface area contributed by atoms with Crippen molar-refractivity contribution in [2.24, 2.45) is 5.92 Å². The molecule has 1 amide bonds. The van der Waals surface area contributed by atoms with Crippen molar-refractivity contribution >= 4 is 44.2 Å². The molecule has 34 heavy (non-hydrogen) atoms. The van der Waals surface area contributed by atoms with Gasteiger partial charge in [-0.25, -0.2) is 18.7 Å². The van der Waals surface area contributed by atoms with Crippen LogP contribution in [0.3, 0.4) is 0 Å². The number of hydrogen-bond acceptors (Lipinski definition) is 6. The fourth-order valence-corrected chi connectivity index (χ4v) is 5.76. The Morgan fingerprint density at radius 2 is 2.09 bits per heavy atom. The highest BCUT2D eigenvalue weighted by Gasteiger charge is 2.34. The van der Waals surface area contributed by atoms with Gasteiger partial charge in [-0.2, -0.15) is 5.10 Å². The lowest BCUT2D eigenvalue weighted by molar-refractivity contribution is -0.0443. The molecule has 0 atom stereocenters. The number of para-hydroxylation sites is 1. The molecule has 1 aliphatic carbocycles. The highest BCUT2D eigenvalue weighted by Crippen LogP contribution is 2.37. The molecule has 1 aliphatic rings. The highest BCUT2D eigenvalue weighted by molar-refractivity contribution is 7.20. The zero-order valence-electron chi connectivity index (χ0n) is 19.1. The molecule has 4 aromatic rings. The number of aromatic amines is 1. The standard InChI is InChI=1S/C24H26F2N6OS/c1-14-18-21(27-10-15-6-8-24(25,26)9-7-15)28-13-29-22(18)34-20(14)23(33)32(2)12-17-5-3-4-16-11-30-31-19(16)17/h3-5,11,13,15H,6-10,12H2,1-2H3,(H,30,31)(H,27,28,29). The summed E-state index contributed by atoms with van der Waals surface area (Å²) in [5, 5.41) is 12.3. The van der Waals surface area contributed by atoms with Gasteiger partial charge < -0.3 is 10.2 Å². The molecule has 0 saturated heterocycles. The number of nitrogens with one attached hydrogen (secondary N) is 2. The molecule has 0 bridgehead atoms. The molecule has 3 aromatic heterocycles. The number of alkyl halides is 2. The van der Waals surface area contributed by atoms with Gasteiger partial charge in [0.05, 0.1) is 22.0 Å². The number of anilines is 1. The molecule has 3 heterocycles. The Balaban J connectivity index is 1.34. The molecule has 0 aliphatic heterocycles. The normalized spacial score (nSPS) is 16.2. The van der Waals surface area contributed by atoms with Gasteiger partial charge in [0, 0.05) is 38.4 Å². The first-order valence-electron chi connectivity index (χ1n) is 11.3. The average molecular weight is 485 g/mol. The summed E-state index contributed by atoms with van der Waals surface area (Å²) in [7, 11) is 1.78. The van der Waals surface area contributed by atoms with E-state index in [4.69, 9.17) is 0 Å². The Morgan fingerprint density at radius 3 is 2.88 bits per heavy atom. The van der Waals surface area contributed by atoms with E-state index in [1.54, 1.807) is 18.1 Å². The van der Waals surface area contributed by atoms with Crippen molar-refractivity contribution in [3.05, 3.63) is 46.7 Å². The number of aryl methyl sites for hydroxylation is 1. The van der Waals surface area contributed by atoms with Crippen molar-refractivity contribution in [2.45, 2.75) is 45.1 Å². The minimum atomic E-state index is -2.53. The van der Waals surface area contributed by atoms with Crippen molar-refractivity contribution in [1.82, 2.24) is 25.1 Å². The lowest BCUT2D eigenvalue weighted by Gasteiger charge is -2.28. The van der Waals surface area contributed by atoms with Gasteiger partial charge in [-0.1, -0.05) is 18.2 Å². The minimum Gasteiger partial charge on any atom is -0.369 e. The zero-order valence-corrected chi connectivity index (χ0v) is 19.9. The molecule has 1 saturated carbocycles. The second-order valence-electron chi connectivity index (χ2n) is 9.05. The third kappa shape index (κ3) is 4.34. The van der Waals surface area contributed by atoms with E-state index in [0.29, 0.717) is 36.6 Å². The number of benzene rings is 1. The van der Waals surface area contributed by atoms with E-state index in [1.807, 2.05) is 25.1 Å². The minimum absolute atomic E-state index is 0.0622. The van der Waals surface area contributed by atoms with Crippen molar-refractivity contribution < 1.29 is 13.6 Å². The molecule has 0 unspecified atom stereocenters. The summed E-state index contributed by atoms with van der Waals surface area (Å²) >= 11 is 1.35. The molecule has 0 radical (unpaired) electrons. The molecule has 7 nitrogen and oxygen atoms in total. The van der Waals surface area contributed by atoms with Crippen LogP contribution in [-0.4, -0.2) is 50.5 Å². The molecule has 1 fully saturated rings. The van der Waals surface area contributed by atoms with Crippen LogP contribution >= 0.6 is 11.3 Å². The SMILES string of the molecule is Cc1c(C(=O)N(C)Cc2cccc3cn[nH]c23)sc2ncnc(NCC3CCC(F)(F)CC3)c12. The van der Waals surface area contributed by atoms with E-state index >= 15 is 0 Å². The van der Waals surface area contributed by atoms with Gasteiger partial charge in [0.15, 0.2) is 0 Å². The van der Waals surface area contributed by atoms with Gasteiger partial charge in [-0.05, 0) is 36.8 Å². The van der Waals surface area contributed by atoms with Crippen LogP contribution in [0.5, 0.6) is 0 Å². The molecule has 1 aromatic carbocycles. The van der Waals surface area contributed by atoms with E-state index in [0.717, 1.165) is 32.2 Å². The van der Waals surface area contributed by atoms with Crippen molar-refractivity contribution in [3.63, 3.8) is 0 Å². The van der Waals surface area contributed by atoms with Crippen LogP contribution in [-0.2, 0) is 6.54 Å². The molecule has 10 heteroatoms. The number of hydrogen-bond donors (Lipinski definition) is 2. The molecular weight excluding hydrogens is 458 g/mol. The lowest BCUT2D eigenvalue weighted by atomic mass is 9.87. The Kier molecular flexibility index (Phi) is 5.93. The predicted molar refractivity (Wildman–Crippen MR) is 129 cm³/mol. The van der Waals surface area contributed by atoms with Crippen LogP contribution in [0.15, 0.2) is 30.7 Å². The monoisotopic (exact) mass is 484 g/mol. The Hall–Kier alpha value is -3.14. The molecule has 0 spiro atoms. The quantitative estimate of drug-likeness (QED) is 0.383. The van der Waals surface area contributed by atoms with Gasteiger partial charge >= 0.3 is 0 Å². The number of aromatic nitrogens is 4. The molecule has 2 N–H and O–H groups in total. The maximum absolute atomic E-state index is 13.5. The Morgan fingerprint density at radius 1 is 1.29 bits per heavy atom. The zero-order chi connectivity index (χ0) is 23.9. The third-order valence-electron chi connectivity index (χ3n) is 6.63. The second kappa shape index (κ2) is 8.90. The van der Waals surface area contributed by atoms with Crippen LogP contribution in [0.25, 0.3) is 21.1 Å². The van der Waals surface area contributed by atoms with Crippen molar-refractivity contribution in [3.8, 4) is 0 Å². The fraction of sp³-hybridized carbons (Fsp3) is 0.417. The number of amides is 1. The van der Waals surface area contributed by atoms with Gasteiger partial charge in [-0.3, -0.25) is 9.89 Å². The first-order valence-corrected chi connectivity index (χ1v) is 12.2. The number of rotatable bonds is 6. The van der Waals surface area contributed by atoms with Gasteiger partial charge in [-0.15, -0.1) is 11.3 Å². The molecular formula is C24H26F2N6OS. The van der Waals surface area contributed by atoms with Gasteiger partial charge in [0.25, 0.3) is 5.91 Å². The number of carbonyl (C=O) groups excluding carboxylic acids is 1. The first kappa shape index (κ1) is 22.6. The summed E-state index contributed by atoms with van der Waals surface area (Å²) in [5.41, 5.74) is 2.74. The van der Waals surface area contributed by atoms with Crippen LogP contribution in [0.2, 0.25) is 0 Å². The Bertz CT molecular complexity index is 1340. The van der Waals surface area contributed by atoms with Crippen LogP contribution < -0.4 is 5.32 Å². The van der Waals surface area contributed by atoms with E-state index in [-0.39, 0.29) is 24.7 Å². The summed E-state index contributed by atoms with van der Waals surface area (Å²) in [4.78, 5) is 25.2. The van der Waals surface area contributed by atoms with Crippen LogP contribution in [0.1, 0.15) is 46.5 Å². The fourth-order valence-electron chi connectivity index (χ4n) is 4.62. The summed E-state index contributed by atoms with van der Waals surface area (Å²) in [6, 6.07) is 5.92. The molecule has 5 rings (SSSR count). The number of thiophene rings is 1. The third-order valence-corrected chi connectivity index (χ3v) is 7.82. The maximum atomic E-state index is 13.5. The number of fused-ring (bicyclic) bond motifs is 2. The summed E-state index contributed by atoms with van der Waals surface area (Å²) < 4.78 is 26.9. The molecule has 178 valence electrons. The number of nitrogens with zero attached hydrogens (tertiary/aromatic N) is 4. The van der Waals surface area contributed by atoms with E-state index in [1.165, 1.54) is 17.7 Å². The smallest absolute Gasteiger partial charge is 0.264 e. The average Bonchev–Trinajstić information content (AvgIpc) is 3.43. The topological polar surface area (TPSA) is 86.8 Å². The van der Waals surface area contributed by atoms with Crippen molar-refractivity contribution in [2.75, 3.05) is 18.9 Å². The van der Waals surface area contributed by atoms with Crippen molar-refractivity contribution in [1.29, 1.82) is 0 Å². The van der Waals surface area contributed by atoms with E-state index in [9.17, 15) is 13.6 Å². The van der Waals surface area contributed by atoms with Crippen LogP contribution in [0.4, 0.5) is 14.6 Å². The van der Waals surface area contributed by atoms with Gasteiger partial charge in [0.2, 0.25) is 5.92 Å². The lowest BCUT2D eigenvalue weighted by Crippen LogP contribution is -2.28. The second-order valence-corrected chi connectivity index (χ2v) is 10.1. The summed E-state index contributed by atoms with van der Waals surface area (Å²) in [5.74, 6) is -1.79. The van der Waals surface area contributed by atoms with E-state index < -0.39 is 5.92 Å². The first-order chi connectivity index (χ1) is 16.3. The number of H-pyrrole nitrogens is 1. The summed E-state index contributed by atoms with van der Waals surface area (Å²) in [6.45, 7) is 2.93. The largest absolute Gasteiger partial charge is 0.369 e.